The van der Waals surface area contributed by atoms with Crippen molar-refractivity contribution in [2.24, 2.45) is 62.6 Å². The number of hydrogen-bond donors (Lipinski definition) is 2. The van der Waals surface area contributed by atoms with Gasteiger partial charge in [-0.15, -0.1) is 0 Å². The molecule has 8 aliphatic rings. The van der Waals surface area contributed by atoms with Gasteiger partial charge in [-0.05, 0) is 168 Å². The van der Waals surface area contributed by atoms with Crippen molar-refractivity contribution >= 4 is 12.0 Å². The summed E-state index contributed by atoms with van der Waals surface area (Å²) in [6.45, 7) is 31.0. The maximum Gasteiger partial charge on any atom is 0.410 e. The van der Waals surface area contributed by atoms with E-state index < -0.39 is 23.6 Å². The predicted molar refractivity (Wildman–Crippen MR) is 234 cm³/mol. The number of carbonyl (C=O) groups excluding carboxylic acids is 2. The van der Waals surface area contributed by atoms with Crippen LogP contribution in [0.5, 0.6) is 0 Å². The Morgan fingerprint density at radius 3 is 2.12 bits per heavy atom. The van der Waals surface area contributed by atoms with Crippen LogP contribution in [-0.2, 0) is 23.7 Å². The molecule has 5 aliphatic carbocycles. The maximum atomic E-state index is 13.6. The van der Waals surface area contributed by atoms with Gasteiger partial charge in [0.2, 0.25) is 5.91 Å². The average Bonchev–Trinajstić information content (AvgIpc) is 3.74. The first-order valence-electron chi connectivity index (χ1n) is 24.4. The number of ether oxygens (including phenoxy) is 4. The number of aliphatic hydroxyl groups excluding tert-OH is 1. The van der Waals surface area contributed by atoms with Gasteiger partial charge in [0.15, 0.2) is 6.29 Å². The predicted octanol–water partition coefficient (Wildman–Crippen LogP) is 9.23. The summed E-state index contributed by atoms with van der Waals surface area (Å²) in [6.07, 6.45) is 11.1. The van der Waals surface area contributed by atoms with E-state index >= 15 is 0 Å². The van der Waals surface area contributed by atoms with Crippen LogP contribution in [0.1, 0.15) is 167 Å². The van der Waals surface area contributed by atoms with Crippen LogP contribution >= 0.6 is 0 Å². The highest BCUT2D eigenvalue weighted by molar-refractivity contribution is 5.76. The van der Waals surface area contributed by atoms with Gasteiger partial charge in [0.1, 0.15) is 11.7 Å². The normalized spacial score (nSPS) is 43.0. The number of piperidine rings is 1. The fourth-order valence-corrected chi connectivity index (χ4v) is 15.4. The van der Waals surface area contributed by atoms with Gasteiger partial charge < -0.3 is 39.0 Å². The first-order chi connectivity index (χ1) is 27.8. The molecule has 2 spiro atoms. The van der Waals surface area contributed by atoms with E-state index in [0.29, 0.717) is 73.7 Å². The van der Waals surface area contributed by atoms with Gasteiger partial charge in [-0.3, -0.25) is 4.79 Å². The molecule has 0 aromatic heterocycles. The third-order valence-electron chi connectivity index (χ3n) is 18.2. The molecule has 0 bridgehead atoms. The minimum atomic E-state index is -1.18. The molecule has 3 heterocycles. The van der Waals surface area contributed by atoms with E-state index in [1.165, 1.54) is 38.5 Å². The summed E-state index contributed by atoms with van der Waals surface area (Å²) in [6, 6.07) is 0. The quantitative estimate of drug-likeness (QED) is 0.272. The van der Waals surface area contributed by atoms with Gasteiger partial charge in [-0.1, -0.05) is 55.4 Å². The second kappa shape index (κ2) is 16.2. The summed E-state index contributed by atoms with van der Waals surface area (Å²) in [5.74, 6) is 3.50. The number of hydrogen-bond acceptors (Lipinski definition) is 8. The van der Waals surface area contributed by atoms with Crippen molar-refractivity contribution in [2.45, 2.75) is 209 Å². The standard InChI is InChI=1S/C46H76N2O8.C4H10/c1-28-23-30(38(50)42(7,8)52)54-31-25-44(10)33-12-11-32-41(5,6)34(13-16-45(32)27-46(33,45)18-17-43(44,9)37(28)31)55-36-26-48(21-22-53-36)35(49)24-29-14-19-47(20-15-29)39(51)56-40(2,3)4;1-4(2)3/h28-34,36-38,50,52H,11-27H2,1-10H3;4H,1-3H3/t28-,30?,31?,32?,33+,34+,36?,37?,38+,43-,44+,45-,46+;/m1./s1. The lowest BCUT2D eigenvalue weighted by atomic mass is 9.41. The van der Waals surface area contributed by atoms with E-state index in [4.69, 9.17) is 18.9 Å². The Labute approximate surface area is 363 Å². The van der Waals surface area contributed by atoms with Crippen molar-refractivity contribution in [3.8, 4) is 0 Å². The fourth-order valence-electron chi connectivity index (χ4n) is 15.4. The Morgan fingerprint density at radius 2 is 1.48 bits per heavy atom. The molecule has 13 atom stereocenters. The van der Waals surface area contributed by atoms with E-state index in [-0.39, 0.29) is 52.5 Å². The van der Waals surface area contributed by atoms with E-state index in [1.807, 2.05) is 25.7 Å². The lowest BCUT2D eigenvalue weighted by Crippen LogP contribution is -2.59. The van der Waals surface area contributed by atoms with Crippen molar-refractivity contribution in [1.29, 1.82) is 0 Å². The van der Waals surface area contributed by atoms with Gasteiger partial charge in [-0.2, -0.15) is 0 Å². The number of nitrogens with zero attached hydrogens (tertiary/aromatic N) is 2. The Bertz CT molecular complexity index is 1560. The molecule has 10 nitrogen and oxygen atoms in total. The van der Waals surface area contributed by atoms with Crippen LogP contribution in [0.3, 0.4) is 0 Å². The first kappa shape index (κ1) is 46.5. The third kappa shape index (κ3) is 8.12. The number of aliphatic hydroxyl groups is 2. The van der Waals surface area contributed by atoms with Crippen LogP contribution in [0.15, 0.2) is 0 Å². The highest BCUT2D eigenvalue weighted by Gasteiger charge is 2.83. The van der Waals surface area contributed by atoms with E-state index in [9.17, 15) is 19.8 Å². The zero-order valence-corrected chi connectivity index (χ0v) is 40.1. The zero-order chi connectivity index (χ0) is 44.0. The number of fused-ring (bicyclic) bond motifs is 4. The summed E-state index contributed by atoms with van der Waals surface area (Å²) < 4.78 is 25.6. The number of likely N-dealkylation sites (tertiary alicyclic amines) is 1. The van der Waals surface area contributed by atoms with Gasteiger partial charge >= 0.3 is 6.09 Å². The summed E-state index contributed by atoms with van der Waals surface area (Å²) in [4.78, 5) is 29.9. The summed E-state index contributed by atoms with van der Waals surface area (Å²) in [5.41, 5.74) is -0.516. The number of amides is 2. The summed E-state index contributed by atoms with van der Waals surface area (Å²) in [7, 11) is 0. The number of rotatable bonds is 6. The second-order valence-electron chi connectivity index (χ2n) is 24.7. The molecule has 5 unspecified atom stereocenters. The Kier molecular flexibility index (Phi) is 12.6. The maximum absolute atomic E-state index is 13.6. The molecular formula is C50H86N2O8. The smallest absolute Gasteiger partial charge is 0.410 e. The monoisotopic (exact) mass is 843 g/mol. The molecular weight excluding hydrogens is 757 g/mol. The van der Waals surface area contributed by atoms with E-state index in [1.54, 1.807) is 18.7 Å². The number of morpholine rings is 1. The molecule has 0 aromatic rings. The Hall–Kier alpha value is -1.46. The molecule has 0 aromatic carbocycles. The second-order valence-corrected chi connectivity index (χ2v) is 24.7. The fraction of sp³-hybridized carbons (Fsp3) is 0.960. The molecule has 3 saturated heterocycles. The highest BCUT2D eigenvalue weighted by atomic mass is 16.7. The Balaban J connectivity index is 0.00000130. The van der Waals surface area contributed by atoms with Crippen LogP contribution in [0.25, 0.3) is 0 Å². The lowest BCUT2D eigenvalue weighted by molar-refractivity contribution is -0.246. The van der Waals surface area contributed by atoms with Crippen molar-refractivity contribution in [3.05, 3.63) is 0 Å². The van der Waals surface area contributed by atoms with Crippen LogP contribution < -0.4 is 0 Å². The molecule has 60 heavy (non-hydrogen) atoms. The van der Waals surface area contributed by atoms with Gasteiger partial charge in [0, 0.05) is 26.1 Å². The topological polar surface area (TPSA) is 118 Å². The minimum Gasteiger partial charge on any atom is -0.444 e. The molecule has 2 amide bonds. The third-order valence-corrected chi connectivity index (χ3v) is 18.2. The molecule has 344 valence electrons. The average molecular weight is 843 g/mol. The molecule has 0 radical (unpaired) electrons. The zero-order valence-electron chi connectivity index (χ0n) is 40.1. The Morgan fingerprint density at radius 1 is 0.850 bits per heavy atom. The van der Waals surface area contributed by atoms with Gasteiger partial charge in [0.25, 0.3) is 0 Å². The SMILES string of the molecule is CC(C)C.C[C@@H]1CC([C@H](O)C(C)(C)O)OC2C[C@@]3(C)[C@@H]4CCC5C(C)(C)[C@@H](OC6CN(C(=O)CC7CCN(C(=O)OC(C)(C)C)CC7)CCO6)CC[C@@]56C[C@@]46CC[C@]3(C)C21. The molecule has 3 aliphatic heterocycles. The van der Waals surface area contributed by atoms with Crippen LogP contribution in [-0.4, -0.2) is 107 Å². The summed E-state index contributed by atoms with van der Waals surface area (Å²) in [5, 5.41) is 21.8. The van der Waals surface area contributed by atoms with Crippen LogP contribution in [0.2, 0.25) is 0 Å². The van der Waals surface area contributed by atoms with Crippen molar-refractivity contribution in [1.82, 2.24) is 9.80 Å². The lowest BCUT2D eigenvalue weighted by Gasteiger charge is -2.63. The van der Waals surface area contributed by atoms with Gasteiger partial charge in [0.05, 0.1) is 37.1 Å². The summed E-state index contributed by atoms with van der Waals surface area (Å²) >= 11 is 0. The van der Waals surface area contributed by atoms with Crippen molar-refractivity contribution in [3.63, 3.8) is 0 Å². The molecule has 10 heteroatoms. The molecule has 8 rings (SSSR count). The first-order valence-corrected chi connectivity index (χ1v) is 24.4. The van der Waals surface area contributed by atoms with E-state index in [0.717, 1.165) is 38.0 Å². The molecule has 2 N–H and O–H groups in total. The highest BCUT2D eigenvalue weighted by Crippen LogP contribution is 2.89. The number of carbonyl (C=O) groups is 2. The largest absolute Gasteiger partial charge is 0.444 e. The van der Waals surface area contributed by atoms with E-state index in [2.05, 4.69) is 55.4 Å². The van der Waals surface area contributed by atoms with Crippen LogP contribution in [0.4, 0.5) is 4.79 Å². The van der Waals surface area contributed by atoms with Gasteiger partial charge in [-0.25, -0.2) is 4.79 Å². The van der Waals surface area contributed by atoms with Crippen molar-refractivity contribution < 1.29 is 38.7 Å². The minimum absolute atomic E-state index is 0.00782. The molecule has 5 saturated carbocycles. The van der Waals surface area contributed by atoms with Crippen LogP contribution in [0, 0.1) is 62.6 Å². The van der Waals surface area contributed by atoms with Crippen molar-refractivity contribution in [2.75, 3.05) is 32.8 Å². The molecule has 8 fully saturated rings.